The quantitative estimate of drug-likeness (QED) is 0.271. The number of amides is 1. The number of methoxy groups -OCH3 is 3. The van der Waals surface area contributed by atoms with E-state index in [1.54, 1.807) is 27.4 Å². The Hall–Kier alpha value is -4.17. The third-order valence-corrected chi connectivity index (χ3v) is 6.41. The molecule has 3 aromatic rings. The number of fused-ring (bicyclic) bond motifs is 1. The van der Waals surface area contributed by atoms with E-state index in [-0.39, 0.29) is 5.91 Å². The van der Waals surface area contributed by atoms with Crippen LogP contribution >= 0.6 is 0 Å². The predicted molar refractivity (Wildman–Crippen MR) is 148 cm³/mol. The van der Waals surface area contributed by atoms with E-state index in [4.69, 9.17) is 19.9 Å². The van der Waals surface area contributed by atoms with E-state index in [1.807, 2.05) is 43.3 Å². The lowest BCUT2D eigenvalue weighted by atomic mass is 10.0. The normalized spacial score (nSPS) is 13.7. The number of hydrogen-bond donors (Lipinski definition) is 3. The van der Waals surface area contributed by atoms with Crippen LogP contribution in [-0.4, -0.2) is 45.7 Å². The van der Waals surface area contributed by atoms with Crippen molar-refractivity contribution < 1.29 is 19.0 Å². The standard InChI is InChI=1S/C29H34N4O4/c1-18(27-23-16-21(30)8-11-24(23)32-29(27)34)31-22-9-6-19(7-10-22)17-33(2)13-12-20-14-25(35-3)28(37-5)26(15-20)36-4/h6-11,14-16,31H,12-13,17,30H2,1-5H3,(H,32,34). The average molecular weight is 503 g/mol. The molecule has 1 aliphatic rings. The number of carbonyl (C=O) groups excluding carboxylic acids is 1. The van der Waals surface area contributed by atoms with Gasteiger partial charge in [0.1, 0.15) is 0 Å². The van der Waals surface area contributed by atoms with Gasteiger partial charge in [0, 0.05) is 41.4 Å². The summed E-state index contributed by atoms with van der Waals surface area (Å²) in [6.45, 7) is 3.57. The SMILES string of the molecule is COc1cc(CCN(C)Cc2ccc(NC(C)=C3C(=O)Nc4ccc(N)cc43)cc2)cc(OC)c1OC. The van der Waals surface area contributed by atoms with Crippen LogP contribution in [0.25, 0.3) is 5.57 Å². The number of anilines is 3. The molecular weight excluding hydrogens is 468 g/mol. The zero-order valence-electron chi connectivity index (χ0n) is 22.0. The number of carbonyl (C=O) groups is 1. The van der Waals surface area contributed by atoms with Crippen molar-refractivity contribution in [1.82, 2.24) is 4.90 Å². The molecule has 0 spiro atoms. The number of ether oxygens (including phenoxy) is 3. The van der Waals surface area contributed by atoms with E-state index >= 15 is 0 Å². The summed E-state index contributed by atoms with van der Waals surface area (Å²) in [6, 6.07) is 17.7. The first-order valence-corrected chi connectivity index (χ1v) is 12.1. The first-order chi connectivity index (χ1) is 17.8. The highest BCUT2D eigenvalue weighted by molar-refractivity contribution is 6.32. The van der Waals surface area contributed by atoms with Gasteiger partial charge in [0.05, 0.1) is 26.9 Å². The molecule has 0 fully saturated rings. The zero-order valence-corrected chi connectivity index (χ0v) is 22.0. The Morgan fingerprint density at radius 3 is 2.24 bits per heavy atom. The van der Waals surface area contributed by atoms with Gasteiger partial charge in [-0.2, -0.15) is 0 Å². The van der Waals surface area contributed by atoms with Gasteiger partial charge >= 0.3 is 0 Å². The summed E-state index contributed by atoms with van der Waals surface area (Å²) < 4.78 is 16.3. The molecule has 0 saturated heterocycles. The first kappa shape index (κ1) is 25.9. The summed E-state index contributed by atoms with van der Waals surface area (Å²) >= 11 is 0. The second-order valence-electron chi connectivity index (χ2n) is 9.10. The molecule has 0 radical (unpaired) electrons. The monoisotopic (exact) mass is 502 g/mol. The van der Waals surface area contributed by atoms with Gasteiger partial charge in [-0.3, -0.25) is 4.79 Å². The molecule has 0 unspecified atom stereocenters. The number of nitrogens with one attached hydrogen (secondary N) is 2. The molecular formula is C29H34N4O4. The highest BCUT2D eigenvalue weighted by Gasteiger charge is 2.26. The number of likely N-dealkylation sites (N-methyl/N-ethyl adjacent to an activating group) is 1. The fraction of sp³-hybridized carbons (Fsp3) is 0.276. The van der Waals surface area contributed by atoms with Crippen molar-refractivity contribution in [2.45, 2.75) is 19.9 Å². The summed E-state index contributed by atoms with van der Waals surface area (Å²) in [5.74, 6) is 1.80. The number of rotatable bonds is 10. The van der Waals surface area contributed by atoms with E-state index in [0.29, 0.717) is 28.5 Å². The van der Waals surface area contributed by atoms with Gasteiger partial charge in [-0.25, -0.2) is 0 Å². The maximum absolute atomic E-state index is 12.5. The van der Waals surface area contributed by atoms with Crippen molar-refractivity contribution in [2.24, 2.45) is 0 Å². The molecule has 0 aliphatic carbocycles. The van der Waals surface area contributed by atoms with E-state index in [1.165, 1.54) is 5.56 Å². The van der Waals surface area contributed by atoms with Crippen LogP contribution in [-0.2, 0) is 17.8 Å². The number of nitrogens with zero attached hydrogens (tertiary/aromatic N) is 1. The molecule has 37 heavy (non-hydrogen) atoms. The molecule has 0 bridgehead atoms. The van der Waals surface area contributed by atoms with Crippen LogP contribution in [0.15, 0.2) is 60.3 Å². The maximum Gasteiger partial charge on any atom is 0.258 e. The number of nitrogens with two attached hydrogens (primary N) is 1. The summed E-state index contributed by atoms with van der Waals surface area (Å²) in [5, 5.41) is 6.26. The average Bonchev–Trinajstić information content (AvgIpc) is 3.22. The minimum absolute atomic E-state index is 0.129. The Kier molecular flexibility index (Phi) is 7.89. The van der Waals surface area contributed by atoms with Gasteiger partial charge in [-0.05, 0) is 74.0 Å². The Balaban J connectivity index is 1.38. The molecule has 3 aromatic carbocycles. The topological polar surface area (TPSA) is 98.1 Å². The predicted octanol–water partition coefficient (Wildman–Crippen LogP) is 4.76. The Labute approximate surface area is 218 Å². The van der Waals surface area contributed by atoms with E-state index in [9.17, 15) is 4.79 Å². The first-order valence-electron chi connectivity index (χ1n) is 12.1. The second kappa shape index (κ2) is 11.3. The van der Waals surface area contributed by atoms with E-state index in [0.717, 1.165) is 47.7 Å². The fourth-order valence-corrected chi connectivity index (χ4v) is 4.52. The van der Waals surface area contributed by atoms with Crippen molar-refractivity contribution in [1.29, 1.82) is 0 Å². The van der Waals surface area contributed by atoms with Crippen LogP contribution in [0, 0.1) is 0 Å². The summed E-state index contributed by atoms with van der Waals surface area (Å²) in [5.41, 5.74) is 12.8. The Bertz CT molecular complexity index is 1290. The van der Waals surface area contributed by atoms with Crippen molar-refractivity contribution in [2.75, 3.05) is 51.3 Å². The summed E-state index contributed by atoms with van der Waals surface area (Å²) in [4.78, 5) is 14.8. The van der Waals surface area contributed by atoms with Crippen LogP contribution in [0.3, 0.4) is 0 Å². The van der Waals surface area contributed by atoms with Gasteiger partial charge < -0.3 is 35.5 Å². The highest BCUT2D eigenvalue weighted by atomic mass is 16.5. The largest absolute Gasteiger partial charge is 0.493 e. The van der Waals surface area contributed by atoms with Crippen molar-refractivity contribution >= 4 is 28.5 Å². The smallest absolute Gasteiger partial charge is 0.258 e. The van der Waals surface area contributed by atoms with Crippen LogP contribution < -0.4 is 30.6 Å². The summed E-state index contributed by atoms with van der Waals surface area (Å²) in [6.07, 6.45) is 0.841. The second-order valence-corrected chi connectivity index (χ2v) is 9.10. The minimum atomic E-state index is -0.129. The molecule has 8 heteroatoms. The summed E-state index contributed by atoms with van der Waals surface area (Å²) in [7, 11) is 6.95. The van der Waals surface area contributed by atoms with Crippen LogP contribution in [0.5, 0.6) is 17.2 Å². The molecule has 0 aromatic heterocycles. The van der Waals surface area contributed by atoms with E-state index < -0.39 is 0 Å². The molecule has 1 aliphatic heterocycles. The van der Waals surface area contributed by atoms with Crippen LogP contribution in [0.4, 0.5) is 17.1 Å². The van der Waals surface area contributed by atoms with Crippen LogP contribution in [0.1, 0.15) is 23.6 Å². The third kappa shape index (κ3) is 5.81. The Morgan fingerprint density at radius 1 is 0.946 bits per heavy atom. The van der Waals surface area contributed by atoms with Gasteiger partial charge in [0.25, 0.3) is 5.91 Å². The van der Waals surface area contributed by atoms with E-state index in [2.05, 4.69) is 34.7 Å². The molecule has 194 valence electrons. The van der Waals surface area contributed by atoms with Crippen molar-refractivity contribution in [3.05, 3.63) is 77.0 Å². The number of hydrogen-bond acceptors (Lipinski definition) is 7. The van der Waals surface area contributed by atoms with Crippen molar-refractivity contribution in [3.8, 4) is 17.2 Å². The molecule has 0 saturated carbocycles. The lowest BCUT2D eigenvalue weighted by molar-refractivity contribution is -0.110. The number of benzene rings is 3. The highest BCUT2D eigenvalue weighted by Crippen LogP contribution is 2.38. The maximum atomic E-state index is 12.5. The minimum Gasteiger partial charge on any atom is -0.493 e. The molecule has 0 atom stereocenters. The lowest BCUT2D eigenvalue weighted by Gasteiger charge is -2.19. The van der Waals surface area contributed by atoms with Crippen molar-refractivity contribution in [3.63, 3.8) is 0 Å². The number of nitrogen functional groups attached to an aromatic ring is 1. The number of allylic oxidation sites excluding steroid dienone is 1. The molecule has 4 rings (SSSR count). The fourth-order valence-electron chi connectivity index (χ4n) is 4.52. The lowest BCUT2D eigenvalue weighted by Crippen LogP contribution is -2.20. The molecule has 1 heterocycles. The zero-order chi connectivity index (χ0) is 26.5. The van der Waals surface area contributed by atoms with Gasteiger partial charge in [-0.15, -0.1) is 0 Å². The Morgan fingerprint density at radius 2 is 1.62 bits per heavy atom. The van der Waals surface area contributed by atoms with Gasteiger partial charge in [-0.1, -0.05) is 12.1 Å². The molecule has 8 nitrogen and oxygen atoms in total. The van der Waals surface area contributed by atoms with Gasteiger partial charge in [0.2, 0.25) is 5.75 Å². The molecule has 1 amide bonds. The van der Waals surface area contributed by atoms with Crippen LogP contribution in [0.2, 0.25) is 0 Å². The molecule has 4 N–H and O–H groups in total. The van der Waals surface area contributed by atoms with Gasteiger partial charge in [0.15, 0.2) is 11.5 Å². The third-order valence-electron chi connectivity index (χ3n) is 6.41.